The summed E-state index contributed by atoms with van der Waals surface area (Å²) in [4.78, 5) is 17.3. The molecule has 0 aromatic carbocycles. The van der Waals surface area contributed by atoms with Crippen molar-refractivity contribution in [1.82, 2.24) is 15.1 Å². The molecule has 0 radical (unpaired) electrons. The first-order valence-corrected chi connectivity index (χ1v) is 7.36. The molecule has 3 unspecified atom stereocenters. The molecule has 4 heteroatoms. The minimum Gasteiger partial charge on any atom is -0.335 e. The third-order valence-corrected chi connectivity index (χ3v) is 4.50. The van der Waals surface area contributed by atoms with Crippen LogP contribution >= 0.6 is 0 Å². The second kappa shape index (κ2) is 6.02. The lowest BCUT2D eigenvalue weighted by Crippen LogP contribution is -2.46. The maximum Gasteiger partial charge on any atom is 0.227 e. The fourth-order valence-corrected chi connectivity index (χ4v) is 3.44. The highest BCUT2D eigenvalue weighted by atomic mass is 16.2. The molecule has 0 saturated carbocycles. The number of hydrogen-bond donors (Lipinski definition) is 1. The number of carbonyl (C=O) groups is 1. The van der Waals surface area contributed by atoms with Crippen LogP contribution < -0.4 is 5.32 Å². The van der Waals surface area contributed by atoms with E-state index < -0.39 is 0 Å². The van der Waals surface area contributed by atoms with E-state index in [0.29, 0.717) is 18.0 Å². The molecule has 0 aromatic heterocycles. The van der Waals surface area contributed by atoms with Gasteiger partial charge in [-0.1, -0.05) is 13.8 Å². The molecular formula is C14H27N3O. The predicted molar refractivity (Wildman–Crippen MR) is 73.5 cm³/mol. The molecule has 3 atom stereocenters. The van der Waals surface area contributed by atoms with E-state index in [9.17, 15) is 4.79 Å². The molecule has 2 saturated heterocycles. The van der Waals surface area contributed by atoms with Crippen LogP contribution in [0, 0.1) is 5.92 Å². The van der Waals surface area contributed by atoms with Crippen molar-refractivity contribution in [3.8, 4) is 0 Å². The van der Waals surface area contributed by atoms with Crippen molar-refractivity contribution in [3.63, 3.8) is 0 Å². The Morgan fingerprint density at radius 3 is 2.72 bits per heavy atom. The summed E-state index contributed by atoms with van der Waals surface area (Å²) in [5.41, 5.74) is 0. The maximum absolute atomic E-state index is 12.6. The van der Waals surface area contributed by atoms with E-state index in [1.54, 1.807) is 0 Å². The van der Waals surface area contributed by atoms with Crippen molar-refractivity contribution in [2.75, 3.05) is 33.2 Å². The molecule has 0 aliphatic carbocycles. The van der Waals surface area contributed by atoms with Crippen molar-refractivity contribution < 1.29 is 4.79 Å². The Morgan fingerprint density at radius 1 is 1.33 bits per heavy atom. The monoisotopic (exact) mass is 253 g/mol. The summed E-state index contributed by atoms with van der Waals surface area (Å²) < 4.78 is 0. The van der Waals surface area contributed by atoms with Gasteiger partial charge in [-0.25, -0.2) is 0 Å². The Hall–Kier alpha value is -0.610. The summed E-state index contributed by atoms with van der Waals surface area (Å²) in [6.07, 6.45) is 3.56. The van der Waals surface area contributed by atoms with Crippen LogP contribution in [0.3, 0.4) is 0 Å². The highest BCUT2D eigenvalue weighted by Crippen LogP contribution is 2.31. The molecule has 104 valence electrons. The fourth-order valence-electron chi connectivity index (χ4n) is 3.44. The quantitative estimate of drug-likeness (QED) is 0.809. The average Bonchev–Trinajstić information content (AvgIpc) is 2.64. The van der Waals surface area contributed by atoms with Gasteiger partial charge in [-0.05, 0) is 32.9 Å². The lowest BCUT2D eigenvalue weighted by Gasteiger charge is -2.31. The molecule has 4 nitrogen and oxygen atoms in total. The first-order valence-electron chi connectivity index (χ1n) is 7.36. The molecule has 2 rings (SSSR count). The molecule has 2 bridgehead atoms. The molecule has 2 fully saturated rings. The van der Waals surface area contributed by atoms with E-state index in [0.717, 1.165) is 32.6 Å². The van der Waals surface area contributed by atoms with Gasteiger partial charge in [-0.15, -0.1) is 0 Å². The Bertz CT molecular complexity index is 295. The second-order valence-corrected chi connectivity index (χ2v) is 5.77. The van der Waals surface area contributed by atoms with Gasteiger partial charge in [0.1, 0.15) is 0 Å². The smallest absolute Gasteiger partial charge is 0.227 e. The number of likely N-dealkylation sites (N-methyl/N-ethyl adjacent to an activating group) is 1. The van der Waals surface area contributed by atoms with E-state index in [1.165, 1.54) is 12.8 Å². The zero-order chi connectivity index (χ0) is 13.1. The summed E-state index contributed by atoms with van der Waals surface area (Å²) >= 11 is 0. The topological polar surface area (TPSA) is 35.6 Å². The number of nitrogens with zero attached hydrogens (tertiary/aromatic N) is 2. The highest BCUT2D eigenvalue weighted by Gasteiger charge is 2.40. The summed E-state index contributed by atoms with van der Waals surface area (Å²) in [5.74, 6) is 0.459. The normalized spacial score (nSPS) is 30.3. The highest BCUT2D eigenvalue weighted by molar-refractivity contribution is 5.79. The van der Waals surface area contributed by atoms with Crippen molar-refractivity contribution in [2.24, 2.45) is 5.92 Å². The van der Waals surface area contributed by atoms with E-state index in [-0.39, 0.29) is 5.92 Å². The van der Waals surface area contributed by atoms with Crippen molar-refractivity contribution >= 4 is 5.91 Å². The van der Waals surface area contributed by atoms with Crippen molar-refractivity contribution in [2.45, 2.75) is 45.2 Å². The zero-order valence-corrected chi connectivity index (χ0v) is 12.0. The van der Waals surface area contributed by atoms with Gasteiger partial charge in [0.2, 0.25) is 5.91 Å². The minimum absolute atomic E-state index is 0.103. The van der Waals surface area contributed by atoms with Gasteiger partial charge in [0.25, 0.3) is 0 Å². The van der Waals surface area contributed by atoms with Crippen molar-refractivity contribution in [3.05, 3.63) is 0 Å². The number of fused-ring (bicyclic) bond motifs is 2. The summed E-state index contributed by atoms with van der Waals surface area (Å²) in [6.45, 7) is 8.38. The molecule has 2 aliphatic rings. The number of hydrogen-bond acceptors (Lipinski definition) is 3. The van der Waals surface area contributed by atoms with Crippen LogP contribution in [0.15, 0.2) is 0 Å². The number of rotatable bonds is 4. The Balaban J connectivity index is 2.05. The lowest BCUT2D eigenvalue weighted by atomic mass is 10.1. The number of likely N-dealkylation sites (tertiary alicyclic amines) is 1. The molecule has 2 aliphatic heterocycles. The summed E-state index contributed by atoms with van der Waals surface area (Å²) in [7, 11) is 1.92. The van der Waals surface area contributed by atoms with Crippen LogP contribution in [0.5, 0.6) is 0 Å². The Kier molecular flexibility index (Phi) is 4.62. The zero-order valence-electron chi connectivity index (χ0n) is 12.0. The van der Waals surface area contributed by atoms with Crippen molar-refractivity contribution in [1.29, 1.82) is 0 Å². The van der Waals surface area contributed by atoms with E-state index in [4.69, 9.17) is 0 Å². The average molecular weight is 253 g/mol. The number of amides is 1. The molecule has 0 aromatic rings. The second-order valence-electron chi connectivity index (χ2n) is 5.77. The Morgan fingerprint density at radius 2 is 2.06 bits per heavy atom. The summed E-state index contributed by atoms with van der Waals surface area (Å²) in [5, 5.41) is 3.12. The SMILES string of the molecule is CCN1CCC2CCC(C1)N2C(=O)C(C)CNC. The molecule has 1 N–H and O–H groups in total. The summed E-state index contributed by atoms with van der Waals surface area (Å²) in [6, 6.07) is 0.961. The van der Waals surface area contributed by atoms with Gasteiger partial charge in [-0.2, -0.15) is 0 Å². The third-order valence-electron chi connectivity index (χ3n) is 4.50. The molecule has 1 amide bonds. The Labute approximate surface area is 111 Å². The largest absolute Gasteiger partial charge is 0.335 e. The van der Waals surface area contributed by atoms with E-state index in [1.807, 2.05) is 14.0 Å². The fraction of sp³-hybridized carbons (Fsp3) is 0.929. The van der Waals surface area contributed by atoms with Crippen LogP contribution in [0.4, 0.5) is 0 Å². The molecule has 18 heavy (non-hydrogen) atoms. The standard InChI is InChI=1S/C14H27N3O/c1-4-16-8-7-12-5-6-13(10-16)17(12)14(18)11(2)9-15-3/h11-13,15H,4-10H2,1-3H3. The van der Waals surface area contributed by atoms with Crippen LogP contribution in [0.25, 0.3) is 0 Å². The third kappa shape index (κ3) is 2.69. The van der Waals surface area contributed by atoms with Crippen LogP contribution in [-0.4, -0.2) is 61.0 Å². The van der Waals surface area contributed by atoms with Gasteiger partial charge in [0, 0.05) is 37.6 Å². The van der Waals surface area contributed by atoms with Gasteiger partial charge in [0.05, 0.1) is 0 Å². The van der Waals surface area contributed by atoms with Gasteiger partial charge < -0.3 is 15.1 Å². The first-order chi connectivity index (χ1) is 8.67. The van der Waals surface area contributed by atoms with Gasteiger partial charge in [0.15, 0.2) is 0 Å². The molecule has 2 heterocycles. The van der Waals surface area contributed by atoms with E-state index in [2.05, 4.69) is 22.0 Å². The first kappa shape index (κ1) is 13.8. The number of nitrogens with one attached hydrogen (secondary N) is 1. The van der Waals surface area contributed by atoms with Gasteiger partial charge in [-0.3, -0.25) is 4.79 Å². The van der Waals surface area contributed by atoms with Crippen LogP contribution in [0.2, 0.25) is 0 Å². The van der Waals surface area contributed by atoms with Crippen LogP contribution in [-0.2, 0) is 4.79 Å². The maximum atomic E-state index is 12.6. The lowest BCUT2D eigenvalue weighted by molar-refractivity contribution is -0.137. The molecule has 0 spiro atoms. The van der Waals surface area contributed by atoms with E-state index >= 15 is 0 Å². The van der Waals surface area contributed by atoms with Gasteiger partial charge >= 0.3 is 0 Å². The predicted octanol–water partition coefficient (Wildman–Crippen LogP) is 0.927. The van der Waals surface area contributed by atoms with Crippen LogP contribution in [0.1, 0.15) is 33.1 Å². The molecular weight excluding hydrogens is 226 g/mol. The minimum atomic E-state index is 0.103. The number of carbonyl (C=O) groups excluding carboxylic acids is 1.